The molecule has 1 unspecified atom stereocenters. The number of hydrogen-bond donors (Lipinski definition) is 1. The van der Waals surface area contributed by atoms with Gasteiger partial charge in [-0.2, -0.15) is 13.2 Å². The Kier molecular flexibility index (Phi) is 7.83. The summed E-state index contributed by atoms with van der Waals surface area (Å²) in [6.45, 7) is 6.07. The highest BCUT2D eigenvalue weighted by atomic mass is 35.5. The van der Waals surface area contributed by atoms with E-state index in [2.05, 4.69) is 22.1 Å². The van der Waals surface area contributed by atoms with E-state index < -0.39 is 17.2 Å². The lowest BCUT2D eigenvalue weighted by molar-refractivity contribution is -0.137. The van der Waals surface area contributed by atoms with Crippen molar-refractivity contribution in [3.05, 3.63) is 91.9 Å². The SMILES string of the molecule is CC#CCn1c(NC(Cl)c2ccc(C(F)(F)F)cc2)nc2c(c1=O)CN(C(=O)c1ccc(C)c(C)c1)CC2. The molecule has 1 aliphatic heterocycles. The number of rotatable bonds is 5. The van der Waals surface area contributed by atoms with Gasteiger partial charge in [-0.05, 0) is 61.7 Å². The molecule has 0 radical (unpaired) electrons. The Labute approximate surface area is 223 Å². The number of aryl methyl sites for hydroxylation is 2. The van der Waals surface area contributed by atoms with Crippen LogP contribution in [-0.2, 0) is 25.7 Å². The van der Waals surface area contributed by atoms with Gasteiger partial charge in [-0.15, -0.1) is 5.92 Å². The molecular weight excluding hydrogens is 517 g/mol. The Morgan fingerprint density at radius 3 is 2.50 bits per heavy atom. The Morgan fingerprint density at radius 2 is 1.87 bits per heavy atom. The van der Waals surface area contributed by atoms with Gasteiger partial charge in [0.25, 0.3) is 11.5 Å². The average Bonchev–Trinajstić information content (AvgIpc) is 2.89. The molecule has 0 saturated heterocycles. The van der Waals surface area contributed by atoms with Crippen LogP contribution in [0.15, 0.2) is 47.3 Å². The highest BCUT2D eigenvalue weighted by molar-refractivity contribution is 6.21. The largest absolute Gasteiger partial charge is 0.416 e. The number of nitrogens with one attached hydrogen (secondary N) is 1. The Hall–Kier alpha value is -3.77. The first-order valence-corrected chi connectivity index (χ1v) is 12.4. The monoisotopic (exact) mass is 542 g/mol. The molecule has 1 N–H and O–H groups in total. The maximum atomic E-state index is 13.5. The summed E-state index contributed by atoms with van der Waals surface area (Å²) < 4.78 is 40.1. The number of alkyl halides is 4. The smallest absolute Gasteiger partial charge is 0.335 e. The van der Waals surface area contributed by atoms with Crippen LogP contribution in [-0.4, -0.2) is 26.9 Å². The minimum atomic E-state index is -4.46. The third-order valence-corrected chi connectivity index (χ3v) is 6.92. The summed E-state index contributed by atoms with van der Waals surface area (Å²) >= 11 is 6.47. The highest BCUT2D eigenvalue weighted by Gasteiger charge is 2.31. The van der Waals surface area contributed by atoms with E-state index >= 15 is 0 Å². The second kappa shape index (κ2) is 10.9. The molecule has 0 bridgehead atoms. The van der Waals surface area contributed by atoms with E-state index in [-0.39, 0.29) is 30.5 Å². The van der Waals surface area contributed by atoms with Gasteiger partial charge in [0.15, 0.2) is 0 Å². The van der Waals surface area contributed by atoms with Crippen molar-refractivity contribution < 1.29 is 18.0 Å². The minimum Gasteiger partial charge on any atom is -0.335 e. The van der Waals surface area contributed by atoms with E-state index in [4.69, 9.17) is 11.6 Å². The van der Waals surface area contributed by atoms with Gasteiger partial charge in [0.1, 0.15) is 5.50 Å². The molecular formula is C28H26ClF3N4O2. The van der Waals surface area contributed by atoms with Crippen LogP contribution in [0.1, 0.15) is 56.3 Å². The zero-order valence-corrected chi connectivity index (χ0v) is 21.9. The Morgan fingerprint density at radius 1 is 1.16 bits per heavy atom. The maximum absolute atomic E-state index is 13.5. The van der Waals surface area contributed by atoms with Crippen LogP contribution in [0.3, 0.4) is 0 Å². The molecule has 0 spiro atoms. The quantitative estimate of drug-likeness (QED) is 0.264. The van der Waals surface area contributed by atoms with E-state index in [0.29, 0.717) is 35.3 Å². The van der Waals surface area contributed by atoms with Crippen LogP contribution in [0.4, 0.5) is 19.1 Å². The fraction of sp³-hybridized carbons (Fsp3) is 0.321. The van der Waals surface area contributed by atoms with Crippen LogP contribution in [0, 0.1) is 25.7 Å². The van der Waals surface area contributed by atoms with Crippen molar-refractivity contribution in [3.63, 3.8) is 0 Å². The fourth-order valence-electron chi connectivity index (χ4n) is 4.20. The average molecular weight is 543 g/mol. The first kappa shape index (κ1) is 27.3. The second-order valence-corrected chi connectivity index (χ2v) is 9.52. The maximum Gasteiger partial charge on any atom is 0.416 e. The molecule has 6 nitrogen and oxygen atoms in total. The molecule has 2 aromatic carbocycles. The number of fused-ring (bicyclic) bond motifs is 1. The van der Waals surface area contributed by atoms with E-state index in [1.165, 1.54) is 16.7 Å². The van der Waals surface area contributed by atoms with Crippen molar-refractivity contribution in [1.82, 2.24) is 14.5 Å². The molecule has 1 atom stereocenters. The van der Waals surface area contributed by atoms with Crippen molar-refractivity contribution in [1.29, 1.82) is 0 Å². The van der Waals surface area contributed by atoms with Crippen molar-refractivity contribution in [2.45, 2.75) is 52.0 Å². The molecule has 10 heteroatoms. The molecule has 1 aromatic heterocycles. The number of benzene rings is 2. The number of carbonyl (C=O) groups is 1. The summed E-state index contributed by atoms with van der Waals surface area (Å²) in [5.74, 6) is 5.58. The van der Waals surface area contributed by atoms with Crippen LogP contribution in [0.2, 0.25) is 0 Å². The van der Waals surface area contributed by atoms with Crippen molar-refractivity contribution in [2.24, 2.45) is 0 Å². The van der Waals surface area contributed by atoms with Gasteiger partial charge in [-0.25, -0.2) is 4.98 Å². The number of nitrogens with zero attached hydrogens (tertiary/aromatic N) is 3. The van der Waals surface area contributed by atoms with Gasteiger partial charge in [0.2, 0.25) is 5.95 Å². The standard InChI is InChI=1S/C28H26ClF3N4O2/c1-4-5-13-36-26(38)22-16-35(25(37)20-7-6-17(2)18(3)15-20)14-12-23(22)33-27(36)34-24(29)19-8-10-21(11-9-19)28(30,31)32/h6-11,15,24H,12-14,16H2,1-3H3,(H,33,34). The van der Waals surface area contributed by atoms with Gasteiger partial charge in [0.05, 0.1) is 29.9 Å². The predicted molar refractivity (Wildman–Crippen MR) is 140 cm³/mol. The first-order valence-electron chi connectivity index (χ1n) is 12.0. The highest BCUT2D eigenvalue weighted by Crippen LogP contribution is 2.31. The topological polar surface area (TPSA) is 67.2 Å². The number of anilines is 1. The number of aromatic nitrogens is 2. The molecule has 198 valence electrons. The van der Waals surface area contributed by atoms with Crippen LogP contribution < -0.4 is 10.9 Å². The van der Waals surface area contributed by atoms with Gasteiger partial charge in [0, 0.05) is 18.5 Å². The molecule has 0 fully saturated rings. The third kappa shape index (κ3) is 5.70. The van der Waals surface area contributed by atoms with E-state index in [1.54, 1.807) is 17.9 Å². The van der Waals surface area contributed by atoms with Gasteiger partial charge >= 0.3 is 6.18 Å². The van der Waals surface area contributed by atoms with Gasteiger partial charge in [-0.3, -0.25) is 14.2 Å². The van der Waals surface area contributed by atoms with Crippen LogP contribution in [0.25, 0.3) is 0 Å². The summed E-state index contributed by atoms with van der Waals surface area (Å²) in [7, 11) is 0. The van der Waals surface area contributed by atoms with E-state index in [9.17, 15) is 22.8 Å². The normalized spacial score (nSPS) is 13.8. The minimum absolute atomic E-state index is 0.0275. The molecule has 0 saturated carbocycles. The molecule has 0 aliphatic carbocycles. The van der Waals surface area contributed by atoms with Crippen molar-refractivity contribution >= 4 is 23.5 Å². The summed E-state index contributed by atoms with van der Waals surface area (Å²) in [5.41, 5.74) is 1.89. The number of carbonyl (C=O) groups excluding carboxylic acids is 1. The Balaban J connectivity index is 1.62. The fourth-order valence-corrected chi connectivity index (χ4v) is 4.44. The Bertz CT molecular complexity index is 1490. The van der Waals surface area contributed by atoms with Crippen LogP contribution >= 0.6 is 11.6 Å². The first-order chi connectivity index (χ1) is 18.0. The summed E-state index contributed by atoms with van der Waals surface area (Å²) in [6, 6.07) is 9.97. The number of amides is 1. The zero-order valence-electron chi connectivity index (χ0n) is 21.1. The van der Waals surface area contributed by atoms with Crippen molar-refractivity contribution in [3.8, 4) is 11.8 Å². The summed E-state index contributed by atoms with van der Waals surface area (Å²) in [4.78, 5) is 32.9. The zero-order chi connectivity index (χ0) is 27.6. The second-order valence-electron chi connectivity index (χ2n) is 9.08. The number of hydrogen-bond acceptors (Lipinski definition) is 4. The molecule has 4 rings (SSSR count). The summed E-state index contributed by atoms with van der Waals surface area (Å²) in [6.07, 6.45) is -4.09. The lowest BCUT2D eigenvalue weighted by Crippen LogP contribution is -2.41. The molecule has 2 heterocycles. The van der Waals surface area contributed by atoms with E-state index in [1.807, 2.05) is 26.0 Å². The molecule has 1 amide bonds. The van der Waals surface area contributed by atoms with E-state index in [0.717, 1.165) is 23.3 Å². The lowest BCUT2D eigenvalue weighted by atomic mass is 10.0. The van der Waals surface area contributed by atoms with Gasteiger partial charge in [-0.1, -0.05) is 35.7 Å². The molecule has 1 aliphatic rings. The van der Waals surface area contributed by atoms with Crippen molar-refractivity contribution in [2.75, 3.05) is 11.9 Å². The molecule has 3 aromatic rings. The molecule has 38 heavy (non-hydrogen) atoms. The lowest BCUT2D eigenvalue weighted by Gasteiger charge is -2.29. The number of halogens is 4. The third-order valence-electron chi connectivity index (χ3n) is 6.56. The van der Waals surface area contributed by atoms with Gasteiger partial charge < -0.3 is 10.2 Å². The predicted octanol–water partition coefficient (Wildman–Crippen LogP) is 5.45. The van der Waals surface area contributed by atoms with Crippen LogP contribution in [0.5, 0.6) is 0 Å². The summed E-state index contributed by atoms with van der Waals surface area (Å²) in [5, 5.41) is 2.94.